The van der Waals surface area contributed by atoms with Crippen LogP contribution in [0.1, 0.15) is 15.9 Å². The zero-order chi connectivity index (χ0) is 17.6. The van der Waals surface area contributed by atoms with Crippen LogP contribution in [0.25, 0.3) is 0 Å². The van der Waals surface area contributed by atoms with Gasteiger partial charge in [-0.05, 0) is 42.0 Å². The molecule has 2 N–H and O–H groups in total. The number of hydrogen-bond acceptors (Lipinski definition) is 4. The molecule has 0 saturated heterocycles. The molecule has 2 heterocycles. The molecule has 1 amide bonds. The minimum Gasteiger partial charge on any atom is -0.348 e. The smallest absolute Gasteiger partial charge is 0.251 e. The third kappa shape index (κ3) is 4.68. The molecule has 0 aliphatic rings. The van der Waals surface area contributed by atoms with Crippen molar-refractivity contribution in [2.45, 2.75) is 6.54 Å². The fraction of sp³-hybridized carbons (Fsp3) is 0.0556. The highest BCUT2D eigenvalue weighted by Crippen LogP contribution is 2.27. The molecule has 0 bridgehead atoms. The molecule has 5 nitrogen and oxygen atoms in total. The monoisotopic (exact) mass is 372 g/mol. The van der Waals surface area contributed by atoms with Crippen LogP contribution in [-0.4, -0.2) is 15.9 Å². The molecule has 3 rings (SSSR count). The molecule has 0 radical (unpaired) electrons. The van der Waals surface area contributed by atoms with Crippen molar-refractivity contribution in [2.75, 3.05) is 5.32 Å². The Morgan fingerprint density at radius 1 is 1.08 bits per heavy atom. The number of pyridine rings is 2. The van der Waals surface area contributed by atoms with Gasteiger partial charge in [0.15, 0.2) is 0 Å². The van der Waals surface area contributed by atoms with Crippen LogP contribution in [0.5, 0.6) is 0 Å². The lowest BCUT2D eigenvalue weighted by Crippen LogP contribution is -2.23. The van der Waals surface area contributed by atoms with Crippen LogP contribution in [-0.2, 0) is 6.54 Å². The first-order valence-corrected chi connectivity index (χ1v) is 8.22. The number of hydrogen-bond donors (Lipinski definition) is 2. The molecule has 7 heteroatoms. The molecule has 25 heavy (non-hydrogen) atoms. The molecular weight excluding hydrogens is 359 g/mol. The summed E-state index contributed by atoms with van der Waals surface area (Å²) < 4.78 is 0. The van der Waals surface area contributed by atoms with Crippen LogP contribution in [0.4, 0.5) is 11.5 Å². The van der Waals surface area contributed by atoms with E-state index in [4.69, 9.17) is 23.2 Å². The van der Waals surface area contributed by atoms with Gasteiger partial charge in [-0.2, -0.15) is 0 Å². The van der Waals surface area contributed by atoms with E-state index < -0.39 is 0 Å². The molecular formula is C18H14Cl2N4O. The summed E-state index contributed by atoms with van der Waals surface area (Å²) in [5, 5.41) is 6.95. The van der Waals surface area contributed by atoms with Gasteiger partial charge in [-0.1, -0.05) is 29.3 Å². The van der Waals surface area contributed by atoms with Crippen LogP contribution >= 0.6 is 23.2 Å². The molecule has 0 aliphatic heterocycles. The number of amides is 1. The molecule has 1 aromatic carbocycles. The van der Waals surface area contributed by atoms with Gasteiger partial charge in [-0.25, -0.2) is 4.98 Å². The molecule has 0 atom stereocenters. The maximum Gasteiger partial charge on any atom is 0.251 e. The Morgan fingerprint density at radius 3 is 2.72 bits per heavy atom. The van der Waals surface area contributed by atoms with E-state index in [9.17, 15) is 4.79 Å². The Hall–Kier alpha value is -2.63. The predicted octanol–water partition coefficient (Wildman–Crippen LogP) is 4.46. The summed E-state index contributed by atoms with van der Waals surface area (Å²) in [6.45, 7) is 0.404. The molecule has 0 spiro atoms. The van der Waals surface area contributed by atoms with E-state index in [2.05, 4.69) is 20.6 Å². The van der Waals surface area contributed by atoms with E-state index in [1.807, 2.05) is 12.1 Å². The van der Waals surface area contributed by atoms with Crippen LogP contribution in [0.15, 0.2) is 61.1 Å². The fourth-order valence-electron chi connectivity index (χ4n) is 2.16. The van der Waals surface area contributed by atoms with Crippen molar-refractivity contribution in [3.05, 3.63) is 82.2 Å². The number of nitrogens with one attached hydrogen (secondary N) is 2. The number of aromatic nitrogens is 2. The zero-order valence-corrected chi connectivity index (χ0v) is 14.6. The average Bonchev–Trinajstić information content (AvgIpc) is 2.63. The van der Waals surface area contributed by atoms with Crippen LogP contribution in [0, 0.1) is 0 Å². The SMILES string of the molecule is O=C(NCc1cccnc1)c1ccnc(Nc2ccc(Cl)cc2Cl)c1. The number of carbonyl (C=O) groups is 1. The van der Waals surface area contributed by atoms with Crippen molar-refractivity contribution in [1.82, 2.24) is 15.3 Å². The van der Waals surface area contributed by atoms with Gasteiger partial charge in [0.1, 0.15) is 5.82 Å². The summed E-state index contributed by atoms with van der Waals surface area (Å²) in [6.07, 6.45) is 4.96. The summed E-state index contributed by atoms with van der Waals surface area (Å²) in [5.74, 6) is 0.315. The van der Waals surface area contributed by atoms with Gasteiger partial charge in [0, 0.05) is 35.7 Å². The van der Waals surface area contributed by atoms with Crippen molar-refractivity contribution >= 4 is 40.6 Å². The second kappa shape index (κ2) is 7.96. The largest absolute Gasteiger partial charge is 0.348 e. The fourth-order valence-corrected chi connectivity index (χ4v) is 2.61. The maximum absolute atomic E-state index is 12.3. The van der Waals surface area contributed by atoms with Crippen molar-refractivity contribution in [1.29, 1.82) is 0 Å². The van der Waals surface area contributed by atoms with Crippen molar-refractivity contribution in [2.24, 2.45) is 0 Å². The Kier molecular flexibility index (Phi) is 5.48. The summed E-state index contributed by atoms with van der Waals surface area (Å²) in [5.41, 5.74) is 2.08. The lowest BCUT2D eigenvalue weighted by molar-refractivity contribution is 0.0951. The average molecular weight is 373 g/mol. The Bertz CT molecular complexity index is 887. The van der Waals surface area contributed by atoms with Crippen LogP contribution < -0.4 is 10.6 Å². The quantitative estimate of drug-likeness (QED) is 0.693. The molecule has 3 aromatic rings. The van der Waals surface area contributed by atoms with E-state index >= 15 is 0 Å². The Labute approximate surface area is 155 Å². The zero-order valence-electron chi connectivity index (χ0n) is 13.0. The normalized spacial score (nSPS) is 10.3. The number of benzene rings is 1. The Morgan fingerprint density at radius 2 is 1.96 bits per heavy atom. The van der Waals surface area contributed by atoms with E-state index in [0.717, 1.165) is 5.56 Å². The predicted molar refractivity (Wildman–Crippen MR) is 99.4 cm³/mol. The minimum atomic E-state index is -0.198. The van der Waals surface area contributed by atoms with E-state index in [1.54, 1.807) is 48.9 Å². The lowest BCUT2D eigenvalue weighted by Gasteiger charge is -2.10. The molecule has 0 unspecified atom stereocenters. The number of carbonyl (C=O) groups excluding carboxylic acids is 1. The maximum atomic E-state index is 12.3. The van der Waals surface area contributed by atoms with Crippen molar-refractivity contribution in [3.63, 3.8) is 0 Å². The second-order valence-corrected chi connectivity index (χ2v) is 6.07. The van der Waals surface area contributed by atoms with Gasteiger partial charge in [-0.15, -0.1) is 0 Å². The van der Waals surface area contributed by atoms with Gasteiger partial charge < -0.3 is 10.6 Å². The van der Waals surface area contributed by atoms with E-state index in [0.29, 0.717) is 33.7 Å². The molecule has 2 aromatic heterocycles. The minimum absolute atomic E-state index is 0.198. The van der Waals surface area contributed by atoms with E-state index in [-0.39, 0.29) is 5.91 Å². The van der Waals surface area contributed by atoms with Gasteiger partial charge in [0.2, 0.25) is 0 Å². The van der Waals surface area contributed by atoms with Crippen LogP contribution in [0.2, 0.25) is 10.0 Å². The highest BCUT2D eigenvalue weighted by Gasteiger charge is 2.08. The Balaban J connectivity index is 1.69. The lowest BCUT2D eigenvalue weighted by atomic mass is 10.2. The highest BCUT2D eigenvalue weighted by molar-refractivity contribution is 6.36. The van der Waals surface area contributed by atoms with Gasteiger partial charge in [0.05, 0.1) is 10.7 Å². The van der Waals surface area contributed by atoms with Crippen molar-refractivity contribution < 1.29 is 4.79 Å². The number of halogens is 2. The first kappa shape index (κ1) is 17.2. The third-order valence-electron chi connectivity index (χ3n) is 3.39. The first-order valence-electron chi connectivity index (χ1n) is 7.47. The summed E-state index contributed by atoms with van der Waals surface area (Å²) in [4.78, 5) is 20.5. The first-order chi connectivity index (χ1) is 12.1. The molecule has 0 fully saturated rings. The molecule has 126 valence electrons. The summed E-state index contributed by atoms with van der Waals surface area (Å²) in [7, 11) is 0. The number of anilines is 2. The van der Waals surface area contributed by atoms with E-state index in [1.165, 1.54) is 0 Å². The van der Waals surface area contributed by atoms with Gasteiger partial charge >= 0.3 is 0 Å². The van der Waals surface area contributed by atoms with Crippen LogP contribution in [0.3, 0.4) is 0 Å². The molecule has 0 saturated carbocycles. The number of nitrogens with zero attached hydrogens (tertiary/aromatic N) is 2. The second-order valence-electron chi connectivity index (χ2n) is 5.22. The van der Waals surface area contributed by atoms with Gasteiger partial charge in [0.25, 0.3) is 5.91 Å². The third-order valence-corrected chi connectivity index (χ3v) is 3.94. The highest BCUT2D eigenvalue weighted by atomic mass is 35.5. The standard InChI is InChI=1S/C18H14Cl2N4O/c19-14-3-4-16(15(20)9-14)24-17-8-13(5-7-22-17)18(25)23-11-12-2-1-6-21-10-12/h1-10H,11H2,(H,22,24)(H,23,25). The summed E-state index contributed by atoms with van der Waals surface area (Å²) >= 11 is 12.0. The molecule has 0 aliphatic carbocycles. The number of rotatable bonds is 5. The summed E-state index contributed by atoms with van der Waals surface area (Å²) in [6, 6.07) is 12.1. The topological polar surface area (TPSA) is 66.9 Å². The van der Waals surface area contributed by atoms with Crippen molar-refractivity contribution in [3.8, 4) is 0 Å². The van der Waals surface area contributed by atoms with Gasteiger partial charge in [-0.3, -0.25) is 9.78 Å².